The zero-order valence-corrected chi connectivity index (χ0v) is 12.5. The van der Waals surface area contributed by atoms with Crippen LogP contribution in [0.4, 0.5) is 11.8 Å². The van der Waals surface area contributed by atoms with E-state index in [0.717, 1.165) is 25.3 Å². The molecule has 1 aliphatic rings. The van der Waals surface area contributed by atoms with Crippen molar-refractivity contribution in [2.24, 2.45) is 5.92 Å². The summed E-state index contributed by atoms with van der Waals surface area (Å²) in [7, 11) is 0. The van der Waals surface area contributed by atoms with Gasteiger partial charge in [-0.05, 0) is 38.0 Å². The second kappa shape index (κ2) is 7.82. The Labute approximate surface area is 121 Å². The van der Waals surface area contributed by atoms with Crippen molar-refractivity contribution in [2.45, 2.75) is 46.0 Å². The van der Waals surface area contributed by atoms with Gasteiger partial charge in [-0.3, -0.25) is 0 Å². The van der Waals surface area contributed by atoms with Gasteiger partial charge in [-0.15, -0.1) is 5.10 Å². The van der Waals surface area contributed by atoms with E-state index in [4.69, 9.17) is 0 Å². The molecule has 0 aromatic carbocycles. The number of nitrogens with one attached hydrogen (secondary N) is 2. The van der Waals surface area contributed by atoms with E-state index in [9.17, 15) is 0 Å². The molecule has 110 valence electrons. The first-order valence-corrected chi connectivity index (χ1v) is 7.59. The van der Waals surface area contributed by atoms with Gasteiger partial charge in [0.05, 0.1) is 6.20 Å². The van der Waals surface area contributed by atoms with Gasteiger partial charge in [-0.25, -0.2) is 0 Å². The Morgan fingerprint density at radius 3 is 2.90 bits per heavy atom. The number of hydrogen-bond acceptors (Lipinski definition) is 5. The number of allylic oxidation sites excluding steroid dienone is 1. The van der Waals surface area contributed by atoms with Crippen LogP contribution in [0.1, 0.15) is 46.0 Å². The summed E-state index contributed by atoms with van der Waals surface area (Å²) in [5.74, 6) is 1.96. The molecule has 20 heavy (non-hydrogen) atoms. The lowest BCUT2D eigenvalue weighted by molar-refractivity contribution is 0.678. The van der Waals surface area contributed by atoms with E-state index in [2.05, 4.69) is 45.7 Å². The molecule has 1 aromatic heterocycles. The normalized spacial score (nSPS) is 15.1. The average molecular weight is 275 g/mol. The maximum Gasteiger partial charge on any atom is 0.244 e. The second-order valence-corrected chi connectivity index (χ2v) is 5.72. The molecule has 0 spiro atoms. The molecule has 1 aromatic rings. The van der Waals surface area contributed by atoms with Crippen LogP contribution in [0.5, 0.6) is 0 Å². The summed E-state index contributed by atoms with van der Waals surface area (Å²) < 4.78 is 0. The summed E-state index contributed by atoms with van der Waals surface area (Å²) in [6, 6.07) is 0. The van der Waals surface area contributed by atoms with Gasteiger partial charge in [0, 0.05) is 13.1 Å². The van der Waals surface area contributed by atoms with Crippen LogP contribution in [-0.4, -0.2) is 28.3 Å². The molecule has 2 rings (SSSR count). The molecular formula is C15H25N5. The minimum atomic E-state index is 0.563. The highest BCUT2D eigenvalue weighted by molar-refractivity contribution is 5.37. The SMILES string of the molecule is CC(C)CNc1nncc(NCCC2=CCCCC2)n1. The maximum absolute atomic E-state index is 4.41. The predicted octanol–water partition coefficient (Wildman–Crippen LogP) is 3.24. The molecule has 5 nitrogen and oxygen atoms in total. The summed E-state index contributed by atoms with van der Waals surface area (Å²) in [6.45, 7) is 6.08. The molecule has 5 heteroatoms. The molecular weight excluding hydrogens is 250 g/mol. The highest BCUT2D eigenvalue weighted by Gasteiger charge is 2.04. The quantitative estimate of drug-likeness (QED) is 0.748. The molecule has 0 atom stereocenters. The van der Waals surface area contributed by atoms with Crippen molar-refractivity contribution in [3.8, 4) is 0 Å². The van der Waals surface area contributed by atoms with Crippen LogP contribution in [0.25, 0.3) is 0 Å². The molecule has 0 unspecified atom stereocenters. The minimum Gasteiger partial charge on any atom is -0.368 e. The van der Waals surface area contributed by atoms with Crippen molar-refractivity contribution in [1.82, 2.24) is 15.2 Å². The van der Waals surface area contributed by atoms with Crippen LogP contribution in [0.15, 0.2) is 17.8 Å². The highest BCUT2D eigenvalue weighted by Crippen LogP contribution is 2.19. The fourth-order valence-corrected chi connectivity index (χ4v) is 2.24. The Bertz CT molecular complexity index is 442. The molecule has 0 radical (unpaired) electrons. The highest BCUT2D eigenvalue weighted by atomic mass is 15.3. The molecule has 0 aliphatic heterocycles. The Kier molecular flexibility index (Phi) is 5.77. The standard InChI is InChI=1S/C15H25N5/c1-12(2)10-17-15-19-14(11-18-20-15)16-9-8-13-6-4-3-5-7-13/h6,11-12H,3-5,7-10H2,1-2H3,(H2,16,17,19,20). The summed E-state index contributed by atoms with van der Waals surface area (Å²) in [6.07, 6.45) is 10.3. The third-order valence-corrected chi connectivity index (χ3v) is 3.36. The van der Waals surface area contributed by atoms with E-state index in [0.29, 0.717) is 11.9 Å². The first-order valence-electron chi connectivity index (χ1n) is 7.59. The topological polar surface area (TPSA) is 62.7 Å². The lowest BCUT2D eigenvalue weighted by Crippen LogP contribution is -2.13. The lowest BCUT2D eigenvalue weighted by Gasteiger charge is -2.13. The maximum atomic E-state index is 4.41. The molecule has 0 amide bonds. The van der Waals surface area contributed by atoms with Crippen LogP contribution in [0.2, 0.25) is 0 Å². The van der Waals surface area contributed by atoms with Crippen molar-refractivity contribution < 1.29 is 0 Å². The predicted molar refractivity (Wildman–Crippen MR) is 82.8 cm³/mol. The van der Waals surface area contributed by atoms with Crippen LogP contribution >= 0.6 is 0 Å². The first-order chi connectivity index (χ1) is 9.74. The number of rotatable bonds is 7. The summed E-state index contributed by atoms with van der Waals surface area (Å²) in [5, 5.41) is 14.5. The largest absolute Gasteiger partial charge is 0.368 e. The van der Waals surface area contributed by atoms with Gasteiger partial charge in [0.25, 0.3) is 0 Å². The minimum absolute atomic E-state index is 0.563. The Morgan fingerprint density at radius 2 is 2.15 bits per heavy atom. The van der Waals surface area contributed by atoms with E-state index in [1.54, 1.807) is 11.8 Å². The molecule has 0 saturated heterocycles. The van der Waals surface area contributed by atoms with E-state index in [-0.39, 0.29) is 0 Å². The molecule has 1 heterocycles. The van der Waals surface area contributed by atoms with Crippen LogP contribution < -0.4 is 10.6 Å². The van der Waals surface area contributed by atoms with Crippen molar-refractivity contribution in [1.29, 1.82) is 0 Å². The van der Waals surface area contributed by atoms with E-state index < -0.39 is 0 Å². The number of anilines is 2. The Morgan fingerprint density at radius 1 is 1.25 bits per heavy atom. The van der Waals surface area contributed by atoms with Gasteiger partial charge < -0.3 is 10.6 Å². The molecule has 0 saturated carbocycles. The molecule has 0 fully saturated rings. The van der Waals surface area contributed by atoms with Gasteiger partial charge in [-0.2, -0.15) is 10.1 Å². The zero-order valence-electron chi connectivity index (χ0n) is 12.5. The summed E-state index contributed by atoms with van der Waals surface area (Å²) in [5.41, 5.74) is 1.57. The van der Waals surface area contributed by atoms with Crippen molar-refractivity contribution in [3.63, 3.8) is 0 Å². The Balaban J connectivity index is 1.77. The molecule has 2 N–H and O–H groups in total. The molecule has 1 aliphatic carbocycles. The van der Waals surface area contributed by atoms with Gasteiger partial charge in [0.15, 0.2) is 5.82 Å². The van der Waals surface area contributed by atoms with E-state index in [1.165, 1.54) is 25.7 Å². The van der Waals surface area contributed by atoms with Gasteiger partial charge in [0.1, 0.15) is 0 Å². The van der Waals surface area contributed by atoms with Crippen LogP contribution in [0, 0.1) is 5.92 Å². The zero-order chi connectivity index (χ0) is 14.2. The Hall–Kier alpha value is -1.65. The van der Waals surface area contributed by atoms with E-state index >= 15 is 0 Å². The monoisotopic (exact) mass is 275 g/mol. The third-order valence-electron chi connectivity index (χ3n) is 3.36. The fourth-order valence-electron chi connectivity index (χ4n) is 2.24. The number of hydrogen-bond donors (Lipinski definition) is 2. The van der Waals surface area contributed by atoms with Gasteiger partial charge >= 0.3 is 0 Å². The lowest BCUT2D eigenvalue weighted by atomic mass is 9.97. The second-order valence-electron chi connectivity index (χ2n) is 5.72. The summed E-state index contributed by atoms with van der Waals surface area (Å²) >= 11 is 0. The van der Waals surface area contributed by atoms with Crippen LogP contribution in [0.3, 0.4) is 0 Å². The van der Waals surface area contributed by atoms with Crippen molar-refractivity contribution >= 4 is 11.8 Å². The van der Waals surface area contributed by atoms with Crippen LogP contribution in [-0.2, 0) is 0 Å². The average Bonchev–Trinajstić information content (AvgIpc) is 2.47. The van der Waals surface area contributed by atoms with Gasteiger partial charge in [-0.1, -0.05) is 25.5 Å². The number of nitrogens with zero attached hydrogens (tertiary/aromatic N) is 3. The first kappa shape index (κ1) is 14.8. The number of aromatic nitrogens is 3. The third kappa shape index (κ3) is 5.15. The van der Waals surface area contributed by atoms with Crippen molar-refractivity contribution in [3.05, 3.63) is 17.8 Å². The van der Waals surface area contributed by atoms with Crippen molar-refractivity contribution in [2.75, 3.05) is 23.7 Å². The molecule has 0 bridgehead atoms. The fraction of sp³-hybridized carbons (Fsp3) is 0.667. The van der Waals surface area contributed by atoms with E-state index in [1.807, 2.05) is 0 Å². The smallest absolute Gasteiger partial charge is 0.244 e. The summed E-state index contributed by atoms with van der Waals surface area (Å²) in [4.78, 5) is 4.41. The van der Waals surface area contributed by atoms with Gasteiger partial charge in [0.2, 0.25) is 5.95 Å².